The van der Waals surface area contributed by atoms with E-state index in [0.29, 0.717) is 0 Å². The average molecular weight is 194 g/mol. The first-order valence-electron chi connectivity index (χ1n) is 4.15. The maximum Gasteiger partial charge on any atom is 0.0440 e. The van der Waals surface area contributed by atoms with Crippen LogP contribution in [-0.4, -0.2) is 11.5 Å². The number of pyridine rings is 1. The summed E-state index contributed by atoms with van der Waals surface area (Å²) in [4.78, 5) is 5.23. The molecule has 0 aliphatic carbocycles. The second kappa shape index (κ2) is 5.04. The molecule has 0 aromatic carbocycles. The summed E-state index contributed by atoms with van der Waals surface area (Å²) in [5.41, 5.74) is 2.38. The zero-order valence-corrected chi connectivity index (χ0v) is 8.82. The van der Waals surface area contributed by atoms with Crippen LogP contribution in [0.2, 0.25) is 0 Å². The van der Waals surface area contributed by atoms with Gasteiger partial charge in [0, 0.05) is 23.8 Å². The number of nitrogens with zero attached hydrogens (tertiary/aromatic N) is 1. The van der Waals surface area contributed by atoms with Gasteiger partial charge in [0.15, 0.2) is 0 Å². The molecule has 0 amide bonds. The number of hydrogen-bond acceptors (Lipinski definition) is 3. The van der Waals surface area contributed by atoms with E-state index < -0.39 is 0 Å². The molecule has 0 aliphatic rings. The number of aromatic nitrogens is 1. The molecule has 1 heterocycles. The van der Waals surface area contributed by atoms with Crippen molar-refractivity contribution in [3.8, 4) is 0 Å². The normalized spacial score (nSPS) is 10.0. The van der Waals surface area contributed by atoms with Gasteiger partial charge in [-0.05, 0) is 37.4 Å². The molecule has 1 rings (SSSR count). The Morgan fingerprint density at radius 1 is 1.69 bits per heavy atom. The van der Waals surface area contributed by atoms with Crippen molar-refractivity contribution >= 4 is 11.9 Å². The molecule has 0 saturated heterocycles. The first-order chi connectivity index (χ1) is 6.20. The van der Waals surface area contributed by atoms with Crippen LogP contribution in [0.3, 0.4) is 0 Å². The van der Waals surface area contributed by atoms with E-state index in [9.17, 15) is 0 Å². The average Bonchev–Trinajstić information content (AvgIpc) is 2.08. The predicted molar refractivity (Wildman–Crippen MR) is 57.6 cm³/mol. The van der Waals surface area contributed by atoms with Crippen LogP contribution >= 0.6 is 11.9 Å². The van der Waals surface area contributed by atoms with Crippen molar-refractivity contribution in [1.29, 1.82) is 0 Å². The maximum absolute atomic E-state index is 4.06. The summed E-state index contributed by atoms with van der Waals surface area (Å²) in [6, 6.07) is 2.00. The summed E-state index contributed by atoms with van der Waals surface area (Å²) in [5.74, 6) is 0. The first kappa shape index (κ1) is 10.3. The molecule has 1 aromatic heterocycles. The third-order valence-corrected chi connectivity index (χ3v) is 2.48. The molecule has 0 radical (unpaired) electrons. The van der Waals surface area contributed by atoms with E-state index in [1.165, 1.54) is 10.5 Å². The van der Waals surface area contributed by atoms with E-state index in [0.717, 1.165) is 12.1 Å². The highest BCUT2D eigenvalue weighted by Gasteiger charge is 1.97. The fourth-order valence-electron chi connectivity index (χ4n) is 0.793. The van der Waals surface area contributed by atoms with Crippen molar-refractivity contribution in [2.75, 3.05) is 6.54 Å². The molecule has 0 atom stereocenters. The minimum absolute atomic E-state index is 0.832. The summed E-state index contributed by atoms with van der Waals surface area (Å²) in [6.07, 6.45) is 3.67. The van der Waals surface area contributed by atoms with Crippen LogP contribution in [0.25, 0.3) is 0 Å². The lowest BCUT2D eigenvalue weighted by Crippen LogP contribution is -2.06. The number of hydrogen-bond donors (Lipinski definition) is 1. The number of aryl methyl sites for hydroxylation is 1. The summed E-state index contributed by atoms with van der Waals surface area (Å²) in [6.45, 7) is 8.73. The van der Waals surface area contributed by atoms with Crippen molar-refractivity contribution in [1.82, 2.24) is 9.71 Å². The van der Waals surface area contributed by atoms with Gasteiger partial charge in [-0.1, -0.05) is 12.2 Å². The Balaban J connectivity index is 2.45. The van der Waals surface area contributed by atoms with Crippen molar-refractivity contribution in [2.24, 2.45) is 0 Å². The zero-order valence-electron chi connectivity index (χ0n) is 8.00. The molecule has 0 spiro atoms. The second-order valence-corrected chi connectivity index (χ2v) is 3.95. The zero-order chi connectivity index (χ0) is 9.68. The minimum atomic E-state index is 0.832. The minimum Gasteiger partial charge on any atom is -0.263 e. The van der Waals surface area contributed by atoms with E-state index in [1.54, 1.807) is 18.1 Å². The van der Waals surface area contributed by atoms with E-state index in [1.807, 2.05) is 19.2 Å². The molecule has 0 fully saturated rings. The molecule has 1 N–H and O–H groups in total. The van der Waals surface area contributed by atoms with Gasteiger partial charge in [-0.25, -0.2) is 0 Å². The highest BCUT2D eigenvalue weighted by Crippen LogP contribution is 2.17. The Labute approximate surface area is 83.6 Å². The smallest absolute Gasteiger partial charge is 0.0440 e. The Morgan fingerprint density at radius 3 is 3.08 bits per heavy atom. The molecule has 0 bridgehead atoms. The van der Waals surface area contributed by atoms with Crippen LogP contribution in [0.5, 0.6) is 0 Å². The predicted octanol–water partition coefficient (Wildman–Crippen LogP) is 2.56. The highest BCUT2D eigenvalue weighted by molar-refractivity contribution is 7.97. The Bertz CT molecular complexity index is 297. The Morgan fingerprint density at radius 2 is 2.46 bits per heavy atom. The van der Waals surface area contributed by atoms with Gasteiger partial charge >= 0.3 is 0 Å². The van der Waals surface area contributed by atoms with Crippen LogP contribution in [0.1, 0.15) is 12.5 Å². The van der Waals surface area contributed by atoms with E-state index in [-0.39, 0.29) is 0 Å². The SMILES string of the molecule is C=C(C)CNSc1cnccc1C. The lowest BCUT2D eigenvalue weighted by atomic mass is 10.3. The molecule has 0 aliphatic heterocycles. The monoisotopic (exact) mass is 194 g/mol. The maximum atomic E-state index is 4.06. The van der Waals surface area contributed by atoms with Crippen LogP contribution in [0, 0.1) is 6.92 Å². The molecular weight excluding hydrogens is 180 g/mol. The highest BCUT2D eigenvalue weighted by atomic mass is 32.2. The largest absolute Gasteiger partial charge is 0.263 e. The summed E-state index contributed by atoms with van der Waals surface area (Å²) < 4.78 is 3.22. The van der Waals surface area contributed by atoms with Crippen molar-refractivity contribution < 1.29 is 0 Å². The second-order valence-electron chi connectivity index (χ2n) is 3.02. The standard InChI is InChI=1S/C10H14N2S/c1-8(2)6-12-13-10-7-11-5-4-9(10)3/h4-5,7,12H,1,6H2,2-3H3. The number of nitrogens with one attached hydrogen (secondary N) is 1. The topological polar surface area (TPSA) is 24.9 Å². The summed E-state index contributed by atoms with van der Waals surface area (Å²) in [7, 11) is 0. The van der Waals surface area contributed by atoms with Crippen LogP contribution in [-0.2, 0) is 0 Å². The van der Waals surface area contributed by atoms with Crippen molar-refractivity contribution in [3.05, 3.63) is 36.2 Å². The fraction of sp³-hybridized carbons (Fsp3) is 0.300. The Hall–Kier alpha value is -0.800. The molecule has 70 valence electrons. The quantitative estimate of drug-likeness (QED) is 0.589. The van der Waals surface area contributed by atoms with Crippen molar-refractivity contribution in [3.63, 3.8) is 0 Å². The fourth-order valence-corrected chi connectivity index (χ4v) is 1.61. The summed E-state index contributed by atoms with van der Waals surface area (Å²) >= 11 is 1.60. The van der Waals surface area contributed by atoms with Gasteiger partial charge in [-0.3, -0.25) is 9.71 Å². The molecule has 0 unspecified atom stereocenters. The van der Waals surface area contributed by atoms with E-state index in [4.69, 9.17) is 0 Å². The van der Waals surface area contributed by atoms with Gasteiger partial charge in [0.05, 0.1) is 0 Å². The van der Waals surface area contributed by atoms with Gasteiger partial charge in [-0.15, -0.1) is 0 Å². The van der Waals surface area contributed by atoms with Gasteiger partial charge in [0.2, 0.25) is 0 Å². The molecule has 2 nitrogen and oxygen atoms in total. The molecule has 0 saturated carbocycles. The molecule has 13 heavy (non-hydrogen) atoms. The van der Waals surface area contributed by atoms with E-state index in [2.05, 4.69) is 23.2 Å². The van der Waals surface area contributed by atoms with Crippen molar-refractivity contribution in [2.45, 2.75) is 18.7 Å². The van der Waals surface area contributed by atoms with Gasteiger partial charge in [-0.2, -0.15) is 0 Å². The third-order valence-electron chi connectivity index (χ3n) is 1.55. The first-order valence-corrected chi connectivity index (χ1v) is 4.96. The van der Waals surface area contributed by atoms with Crippen LogP contribution in [0.4, 0.5) is 0 Å². The van der Waals surface area contributed by atoms with Gasteiger partial charge in [0.1, 0.15) is 0 Å². The van der Waals surface area contributed by atoms with Crippen LogP contribution < -0.4 is 4.72 Å². The third kappa shape index (κ3) is 3.61. The Kier molecular flexibility index (Phi) is 3.99. The lowest BCUT2D eigenvalue weighted by molar-refractivity contribution is 1.04. The molecule has 3 heteroatoms. The van der Waals surface area contributed by atoms with Gasteiger partial charge in [0.25, 0.3) is 0 Å². The number of rotatable bonds is 4. The lowest BCUT2D eigenvalue weighted by Gasteiger charge is -2.05. The van der Waals surface area contributed by atoms with Gasteiger partial charge < -0.3 is 0 Å². The molecular formula is C10H14N2S. The van der Waals surface area contributed by atoms with E-state index >= 15 is 0 Å². The van der Waals surface area contributed by atoms with Crippen LogP contribution in [0.15, 0.2) is 35.5 Å². The molecule has 1 aromatic rings. The summed E-state index contributed by atoms with van der Waals surface area (Å²) in [5, 5.41) is 0.